The lowest BCUT2D eigenvalue weighted by Gasteiger charge is -2.41. The van der Waals surface area contributed by atoms with E-state index in [9.17, 15) is 27.9 Å². The first-order valence-electron chi connectivity index (χ1n) is 14.6. The third-order valence-electron chi connectivity index (χ3n) is 9.15. The molecule has 3 aliphatic rings. The number of fused-ring (bicyclic) bond motifs is 1. The number of aromatic nitrogens is 3. The Bertz CT molecular complexity index is 1460. The highest BCUT2D eigenvalue weighted by Crippen LogP contribution is 2.42. The zero-order valence-corrected chi connectivity index (χ0v) is 23.5. The van der Waals surface area contributed by atoms with Gasteiger partial charge in [0.2, 0.25) is 5.91 Å². The van der Waals surface area contributed by atoms with E-state index in [1.807, 2.05) is 24.3 Å². The predicted octanol–water partition coefficient (Wildman–Crippen LogP) is 3.79. The first kappa shape index (κ1) is 29.2. The molecule has 2 atom stereocenters. The van der Waals surface area contributed by atoms with Crippen LogP contribution in [0.3, 0.4) is 0 Å². The zero-order valence-electron chi connectivity index (χ0n) is 23.5. The quantitative estimate of drug-likeness (QED) is 0.447. The predicted molar refractivity (Wildman–Crippen MR) is 150 cm³/mol. The molecule has 1 aromatic carbocycles. The first-order chi connectivity index (χ1) is 20.6. The van der Waals surface area contributed by atoms with Gasteiger partial charge in [0.15, 0.2) is 0 Å². The Morgan fingerprint density at radius 1 is 1.00 bits per heavy atom. The number of carbonyl (C=O) groups excluding carboxylic acids is 2. The minimum Gasteiger partial charge on any atom is -0.384 e. The van der Waals surface area contributed by atoms with Crippen LogP contribution in [-0.4, -0.2) is 79.7 Å². The van der Waals surface area contributed by atoms with E-state index in [4.69, 9.17) is 0 Å². The van der Waals surface area contributed by atoms with E-state index in [0.29, 0.717) is 31.1 Å². The van der Waals surface area contributed by atoms with Crippen LogP contribution in [0.2, 0.25) is 0 Å². The number of alkyl halides is 3. The van der Waals surface area contributed by atoms with Crippen molar-refractivity contribution < 1.29 is 27.9 Å². The van der Waals surface area contributed by atoms with Gasteiger partial charge >= 0.3 is 6.18 Å². The van der Waals surface area contributed by atoms with Crippen molar-refractivity contribution in [3.05, 3.63) is 77.7 Å². The number of nitrogens with one attached hydrogen (secondary N) is 1. The molecule has 0 spiro atoms. The van der Waals surface area contributed by atoms with Gasteiger partial charge in [-0.25, -0.2) is 0 Å². The Morgan fingerprint density at radius 2 is 1.79 bits per heavy atom. The van der Waals surface area contributed by atoms with Crippen LogP contribution in [0.4, 0.5) is 13.2 Å². The average molecular weight is 595 g/mol. The fraction of sp³-hybridized carbons (Fsp3) is 0.452. The Hall–Kier alpha value is -3.90. The van der Waals surface area contributed by atoms with Crippen molar-refractivity contribution in [2.75, 3.05) is 19.6 Å². The summed E-state index contributed by atoms with van der Waals surface area (Å²) in [4.78, 5) is 34.4. The number of hydrogen-bond donors (Lipinski definition) is 2. The van der Waals surface area contributed by atoms with Crippen LogP contribution >= 0.6 is 0 Å². The van der Waals surface area contributed by atoms with E-state index < -0.39 is 23.2 Å². The second kappa shape index (κ2) is 11.6. The van der Waals surface area contributed by atoms with Crippen molar-refractivity contribution in [1.82, 2.24) is 30.3 Å². The molecule has 2 saturated heterocycles. The van der Waals surface area contributed by atoms with Crippen LogP contribution in [0, 0.1) is 0 Å². The Labute approximate surface area is 247 Å². The van der Waals surface area contributed by atoms with Gasteiger partial charge < -0.3 is 15.3 Å². The van der Waals surface area contributed by atoms with Crippen molar-refractivity contribution in [1.29, 1.82) is 0 Å². The summed E-state index contributed by atoms with van der Waals surface area (Å²) in [5.74, 6) is -0.945. The molecule has 2 N–H and O–H groups in total. The fourth-order valence-electron chi connectivity index (χ4n) is 6.92. The van der Waals surface area contributed by atoms with E-state index in [1.54, 1.807) is 17.3 Å². The SMILES string of the molecule is O=C(NCC(=O)N1CCC2C1CCN2C1CCC(O)(c2ccc(-c3cccnn3)cn2)CC1)c1cccc(C(F)(F)F)c1. The van der Waals surface area contributed by atoms with Gasteiger partial charge in [-0.2, -0.15) is 23.4 Å². The number of aliphatic hydroxyl groups is 1. The van der Waals surface area contributed by atoms with Crippen LogP contribution in [-0.2, 0) is 16.6 Å². The van der Waals surface area contributed by atoms with E-state index >= 15 is 0 Å². The minimum absolute atomic E-state index is 0.0362. The maximum absolute atomic E-state index is 13.1. The van der Waals surface area contributed by atoms with Crippen LogP contribution in [0.15, 0.2) is 60.9 Å². The minimum atomic E-state index is -4.55. The zero-order chi connectivity index (χ0) is 30.2. The number of nitrogens with zero attached hydrogens (tertiary/aromatic N) is 5. The van der Waals surface area contributed by atoms with E-state index in [1.165, 1.54) is 12.1 Å². The molecule has 2 aliphatic heterocycles. The van der Waals surface area contributed by atoms with E-state index in [0.717, 1.165) is 55.6 Å². The summed E-state index contributed by atoms with van der Waals surface area (Å²) in [6, 6.07) is 12.2. The molecule has 12 heteroatoms. The Balaban J connectivity index is 1.01. The van der Waals surface area contributed by atoms with Gasteiger partial charge in [-0.05, 0) is 81.0 Å². The highest BCUT2D eigenvalue weighted by molar-refractivity contribution is 5.96. The summed E-state index contributed by atoms with van der Waals surface area (Å²) in [6.07, 6.45) is 3.24. The molecular formula is C31H33F3N6O3. The molecule has 226 valence electrons. The summed E-state index contributed by atoms with van der Waals surface area (Å²) < 4.78 is 39.0. The third-order valence-corrected chi connectivity index (χ3v) is 9.15. The molecule has 2 unspecified atom stereocenters. The van der Waals surface area contributed by atoms with Crippen molar-refractivity contribution in [3.63, 3.8) is 0 Å². The number of benzene rings is 1. The number of carbonyl (C=O) groups is 2. The monoisotopic (exact) mass is 594 g/mol. The summed E-state index contributed by atoms with van der Waals surface area (Å²) >= 11 is 0. The molecule has 1 aliphatic carbocycles. The van der Waals surface area contributed by atoms with Gasteiger partial charge in [0, 0.05) is 54.7 Å². The van der Waals surface area contributed by atoms with Gasteiger partial charge in [0.05, 0.1) is 23.5 Å². The second-order valence-electron chi connectivity index (χ2n) is 11.6. The maximum Gasteiger partial charge on any atom is 0.416 e. The largest absolute Gasteiger partial charge is 0.416 e. The third kappa shape index (κ3) is 5.98. The van der Waals surface area contributed by atoms with Gasteiger partial charge in [-0.15, -0.1) is 0 Å². The van der Waals surface area contributed by atoms with Crippen molar-refractivity contribution in [2.45, 2.75) is 68.4 Å². The van der Waals surface area contributed by atoms with E-state index in [2.05, 4.69) is 25.4 Å². The first-order valence-corrected chi connectivity index (χ1v) is 14.6. The molecule has 1 saturated carbocycles. The molecule has 4 heterocycles. The van der Waals surface area contributed by atoms with Crippen molar-refractivity contribution in [2.24, 2.45) is 0 Å². The van der Waals surface area contributed by atoms with Gasteiger partial charge in [-0.3, -0.25) is 19.5 Å². The van der Waals surface area contributed by atoms with Crippen LogP contribution in [0.25, 0.3) is 11.3 Å². The number of amides is 2. The van der Waals surface area contributed by atoms with Gasteiger partial charge in [-0.1, -0.05) is 6.07 Å². The number of likely N-dealkylation sites (tertiary alicyclic amines) is 2. The molecular weight excluding hydrogens is 561 g/mol. The lowest BCUT2D eigenvalue weighted by molar-refractivity contribution is -0.137. The fourth-order valence-corrected chi connectivity index (χ4v) is 6.92. The Morgan fingerprint density at radius 3 is 2.49 bits per heavy atom. The second-order valence-corrected chi connectivity index (χ2v) is 11.6. The molecule has 2 amide bonds. The van der Waals surface area contributed by atoms with Gasteiger partial charge in [0.1, 0.15) is 5.60 Å². The normalized spacial score (nSPS) is 25.9. The summed E-state index contributed by atoms with van der Waals surface area (Å²) in [5, 5.41) is 22.0. The van der Waals surface area contributed by atoms with Crippen molar-refractivity contribution in [3.8, 4) is 11.3 Å². The number of rotatable bonds is 6. The molecule has 43 heavy (non-hydrogen) atoms. The van der Waals surface area contributed by atoms with Crippen LogP contribution < -0.4 is 5.32 Å². The average Bonchev–Trinajstić information content (AvgIpc) is 3.63. The smallest absolute Gasteiger partial charge is 0.384 e. The van der Waals surface area contributed by atoms with E-state index in [-0.39, 0.29) is 30.1 Å². The molecule has 9 nitrogen and oxygen atoms in total. The lowest BCUT2D eigenvalue weighted by atomic mass is 9.79. The molecule has 0 radical (unpaired) electrons. The number of hydrogen-bond acceptors (Lipinski definition) is 7. The molecule has 6 rings (SSSR count). The number of pyridine rings is 1. The highest BCUT2D eigenvalue weighted by atomic mass is 19.4. The van der Waals surface area contributed by atoms with Crippen molar-refractivity contribution >= 4 is 11.8 Å². The maximum atomic E-state index is 13.1. The Kier molecular flexibility index (Phi) is 7.91. The lowest BCUT2D eigenvalue weighted by Crippen LogP contribution is -2.47. The summed E-state index contributed by atoms with van der Waals surface area (Å²) in [6.45, 7) is 1.16. The van der Waals surface area contributed by atoms with Gasteiger partial charge in [0.25, 0.3) is 5.91 Å². The van der Waals surface area contributed by atoms with Crippen LogP contribution in [0.5, 0.6) is 0 Å². The number of halogens is 3. The molecule has 2 aromatic heterocycles. The highest BCUT2D eigenvalue weighted by Gasteiger charge is 2.48. The summed E-state index contributed by atoms with van der Waals surface area (Å²) in [7, 11) is 0. The molecule has 3 aromatic rings. The van der Waals surface area contributed by atoms with Crippen LogP contribution in [0.1, 0.15) is 60.1 Å². The topological polar surface area (TPSA) is 112 Å². The standard InChI is InChI=1S/C31H33F3N6O3/c32-31(33,34)22-4-1-3-20(17-22)29(42)36-19-28(41)40-16-11-25-26(40)10-15-39(25)23-8-12-30(43,13-9-23)27-7-6-21(18-35-27)24-5-2-14-37-38-24/h1-7,14,17-18,23,25-26,43H,8-13,15-16,19H2,(H,36,42). The molecule has 3 fully saturated rings. The summed E-state index contributed by atoms with van der Waals surface area (Å²) in [5.41, 5.74) is 0.182. The molecule has 0 bridgehead atoms.